The average molecular weight is 263 g/mol. The fourth-order valence-electron chi connectivity index (χ4n) is 2.01. The highest BCUT2D eigenvalue weighted by atomic mass is 35.5. The van der Waals surface area contributed by atoms with E-state index in [1.807, 2.05) is 25.1 Å². The van der Waals surface area contributed by atoms with Gasteiger partial charge in [0.1, 0.15) is 0 Å². The number of rotatable bonds is 4. The zero-order valence-electron chi connectivity index (χ0n) is 11.1. The molecule has 0 radical (unpaired) electrons. The molecule has 1 N–H and O–H groups in total. The summed E-state index contributed by atoms with van der Waals surface area (Å²) >= 11 is 6.03. The van der Waals surface area contributed by atoms with Crippen molar-refractivity contribution in [2.75, 3.05) is 11.2 Å². The average Bonchev–Trinajstić information content (AvgIpc) is 2.35. The van der Waals surface area contributed by atoms with E-state index in [-0.39, 0.29) is 6.04 Å². The van der Waals surface area contributed by atoms with Gasteiger partial charge >= 0.3 is 0 Å². The van der Waals surface area contributed by atoms with E-state index in [2.05, 4.69) is 36.3 Å². The second-order valence-electron chi connectivity index (χ2n) is 4.98. The number of hydrogen-bond acceptors (Lipinski definition) is 2. The molecule has 2 rings (SSSR count). The summed E-state index contributed by atoms with van der Waals surface area (Å²) in [4.78, 5) is 4.54. The third kappa shape index (κ3) is 2.75. The molecule has 0 saturated carbocycles. The molecule has 1 aromatic carbocycles. The van der Waals surface area contributed by atoms with Gasteiger partial charge in [0.25, 0.3) is 0 Å². The lowest BCUT2D eigenvalue weighted by molar-refractivity contribution is 0.564. The van der Waals surface area contributed by atoms with Crippen molar-refractivity contribution < 1.29 is 0 Å². The Morgan fingerprint density at radius 1 is 1.28 bits per heavy atom. The van der Waals surface area contributed by atoms with E-state index in [9.17, 15) is 0 Å². The molecule has 18 heavy (non-hydrogen) atoms. The standard InChI is InChI=1S/C15H19ClN2/c1-10(2)15(9-16)18-14-8-11(3)17-13-7-5-4-6-12(13)14/h4-8,10,15H,9H2,1-3H3,(H,17,18). The van der Waals surface area contributed by atoms with Gasteiger partial charge < -0.3 is 5.32 Å². The lowest BCUT2D eigenvalue weighted by atomic mass is 10.0. The Hall–Kier alpha value is -1.28. The van der Waals surface area contributed by atoms with Crippen LogP contribution in [-0.4, -0.2) is 16.9 Å². The topological polar surface area (TPSA) is 24.9 Å². The van der Waals surface area contributed by atoms with Gasteiger partial charge in [-0.15, -0.1) is 11.6 Å². The van der Waals surface area contributed by atoms with Crippen LogP contribution in [0, 0.1) is 12.8 Å². The number of anilines is 1. The fraction of sp³-hybridized carbons (Fsp3) is 0.400. The molecule has 0 saturated heterocycles. The summed E-state index contributed by atoms with van der Waals surface area (Å²) in [5.41, 5.74) is 3.17. The molecule has 0 fully saturated rings. The van der Waals surface area contributed by atoms with Crippen LogP contribution in [0.1, 0.15) is 19.5 Å². The van der Waals surface area contributed by atoms with Crippen LogP contribution < -0.4 is 5.32 Å². The normalized spacial score (nSPS) is 12.9. The number of pyridine rings is 1. The molecule has 0 bridgehead atoms. The fourth-order valence-corrected chi connectivity index (χ4v) is 2.44. The SMILES string of the molecule is Cc1cc(NC(CCl)C(C)C)c2ccccc2n1. The second kappa shape index (κ2) is 5.57. The zero-order chi connectivity index (χ0) is 13.1. The van der Waals surface area contributed by atoms with E-state index in [0.29, 0.717) is 11.8 Å². The lowest BCUT2D eigenvalue weighted by Gasteiger charge is -2.22. The monoisotopic (exact) mass is 262 g/mol. The van der Waals surface area contributed by atoms with Gasteiger partial charge in [-0.1, -0.05) is 32.0 Å². The van der Waals surface area contributed by atoms with Gasteiger partial charge in [-0.05, 0) is 25.0 Å². The smallest absolute Gasteiger partial charge is 0.0725 e. The molecule has 2 aromatic rings. The number of aryl methyl sites for hydroxylation is 1. The Morgan fingerprint density at radius 3 is 2.67 bits per heavy atom. The van der Waals surface area contributed by atoms with E-state index >= 15 is 0 Å². The number of fused-ring (bicyclic) bond motifs is 1. The molecule has 1 aromatic heterocycles. The van der Waals surface area contributed by atoms with Crippen molar-refractivity contribution in [3.8, 4) is 0 Å². The molecular weight excluding hydrogens is 244 g/mol. The minimum Gasteiger partial charge on any atom is -0.380 e. The number of nitrogens with one attached hydrogen (secondary N) is 1. The van der Waals surface area contributed by atoms with Crippen molar-refractivity contribution in [3.63, 3.8) is 0 Å². The molecule has 1 unspecified atom stereocenters. The van der Waals surface area contributed by atoms with Crippen molar-refractivity contribution in [2.24, 2.45) is 5.92 Å². The number of hydrogen-bond donors (Lipinski definition) is 1. The summed E-state index contributed by atoms with van der Waals surface area (Å²) < 4.78 is 0. The lowest BCUT2D eigenvalue weighted by Crippen LogP contribution is -2.27. The van der Waals surface area contributed by atoms with Crippen LogP contribution in [0.25, 0.3) is 10.9 Å². The molecule has 0 aliphatic heterocycles. The van der Waals surface area contributed by atoms with Crippen molar-refractivity contribution in [1.82, 2.24) is 4.98 Å². The maximum atomic E-state index is 6.03. The van der Waals surface area contributed by atoms with Gasteiger partial charge in [-0.25, -0.2) is 0 Å². The minimum atomic E-state index is 0.275. The molecule has 1 atom stereocenters. The highest BCUT2D eigenvalue weighted by molar-refractivity contribution is 6.18. The summed E-state index contributed by atoms with van der Waals surface area (Å²) in [6.45, 7) is 6.37. The van der Waals surface area contributed by atoms with E-state index in [1.165, 1.54) is 0 Å². The second-order valence-corrected chi connectivity index (χ2v) is 5.29. The first-order valence-corrected chi connectivity index (χ1v) is 6.84. The highest BCUT2D eigenvalue weighted by Crippen LogP contribution is 2.24. The molecule has 0 aliphatic rings. The Bertz CT molecular complexity index is 537. The Labute approximate surface area is 113 Å². The van der Waals surface area contributed by atoms with Gasteiger partial charge in [0.15, 0.2) is 0 Å². The summed E-state index contributed by atoms with van der Waals surface area (Å²) in [7, 11) is 0. The Kier molecular flexibility index (Phi) is 4.07. The number of para-hydroxylation sites is 1. The minimum absolute atomic E-state index is 0.275. The van der Waals surface area contributed by atoms with Crippen molar-refractivity contribution in [3.05, 3.63) is 36.0 Å². The van der Waals surface area contributed by atoms with Gasteiger partial charge in [0.05, 0.1) is 5.52 Å². The third-order valence-electron chi connectivity index (χ3n) is 3.16. The van der Waals surface area contributed by atoms with Gasteiger partial charge in [0.2, 0.25) is 0 Å². The number of halogens is 1. The quantitative estimate of drug-likeness (QED) is 0.835. The summed E-state index contributed by atoms with van der Waals surface area (Å²) in [5, 5.41) is 4.69. The summed E-state index contributed by atoms with van der Waals surface area (Å²) in [6, 6.07) is 10.5. The van der Waals surface area contributed by atoms with Crippen LogP contribution in [0.3, 0.4) is 0 Å². The van der Waals surface area contributed by atoms with E-state index in [0.717, 1.165) is 22.3 Å². The Balaban J connectivity index is 2.43. The predicted octanol–water partition coefficient (Wildman–Crippen LogP) is 4.22. The van der Waals surface area contributed by atoms with Crippen LogP contribution in [0.5, 0.6) is 0 Å². The van der Waals surface area contributed by atoms with Crippen molar-refractivity contribution in [2.45, 2.75) is 26.8 Å². The molecule has 0 aliphatic carbocycles. The molecule has 3 heteroatoms. The zero-order valence-corrected chi connectivity index (χ0v) is 11.8. The number of aromatic nitrogens is 1. The first kappa shape index (κ1) is 13.2. The molecule has 0 spiro atoms. The number of nitrogens with zero attached hydrogens (tertiary/aromatic N) is 1. The third-order valence-corrected chi connectivity index (χ3v) is 3.49. The van der Waals surface area contributed by atoms with Crippen LogP contribution in [0.4, 0.5) is 5.69 Å². The highest BCUT2D eigenvalue weighted by Gasteiger charge is 2.13. The van der Waals surface area contributed by atoms with E-state index < -0.39 is 0 Å². The maximum Gasteiger partial charge on any atom is 0.0725 e. The van der Waals surface area contributed by atoms with Crippen molar-refractivity contribution >= 4 is 28.2 Å². The summed E-state index contributed by atoms with van der Waals surface area (Å²) in [5.74, 6) is 1.10. The Morgan fingerprint density at radius 2 is 2.00 bits per heavy atom. The van der Waals surface area contributed by atoms with Crippen LogP contribution in [-0.2, 0) is 0 Å². The number of alkyl halides is 1. The summed E-state index contributed by atoms with van der Waals surface area (Å²) in [6.07, 6.45) is 0. The maximum absolute atomic E-state index is 6.03. The van der Waals surface area contributed by atoms with E-state index in [4.69, 9.17) is 11.6 Å². The van der Waals surface area contributed by atoms with Gasteiger partial charge in [-0.3, -0.25) is 4.98 Å². The molecule has 0 amide bonds. The largest absolute Gasteiger partial charge is 0.380 e. The van der Waals surface area contributed by atoms with E-state index in [1.54, 1.807) is 0 Å². The van der Waals surface area contributed by atoms with Crippen LogP contribution in [0.15, 0.2) is 30.3 Å². The first-order valence-electron chi connectivity index (χ1n) is 6.30. The van der Waals surface area contributed by atoms with Gasteiger partial charge in [-0.2, -0.15) is 0 Å². The molecular formula is C15H19ClN2. The van der Waals surface area contributed by atoms with Gasteiger partial charge in [0, 0.05) is 28.7 Å². The first-order chi connectivity index (χ1) is 8.61. The van der Waals surface area contributed by atoms with Crippen LogP contribution in [0.2, 0.25) is 0 Å². The molecule has 96 valence electrons. The van der Waals surface area contributed by atoms with Crippen LogP contribution >= 0.6 is 11.6 Å². The molecule has 2 nitrogen and oxygen atoms in total. The van der Waals surface area contributed by atoms with Crippen molar-refractivity contribution in [1.29, 1.82) is 0 Å². The molecule has 1 heterocycles. The predicted molar refractivity (Wildman–Crippen MR) is 79.4 cm³/mol. The number of benzene rings is 1.